The number of benzene rings is 1. The van der Waals surface area contributed by atoms with Crippen molar-refractivity contribution >= 4 is 0 Å². The van der Waals surface area contributed by atoms with E-state index in [1.54, 1.807) is 0 Å². The normalized spacial score (nSPS) is 29.5. The minimum atomic E-state index is -0.572. The highest BCUT2D eigenvalue weighted by Gasteiger charge is 2.33. The van der Waals surface area contributed by atoms with E-state index in [2.05, 4.69) is 19.1 Å². The molecule has 1 aliphatic heterocycles. The SMILES string of the molecule is CCCCC1CC(c2ccccc2)OC1O. The maximum absolute atomic E-state index is 9.83. The van der Waals surface area contributed by atoms with E-state index in [4.69, 9.17) is 4.74 Å². The predicted octanol–water partition coefficient (Wildman–Crippen LogP) is 3.27. The van der Waals surface area contributed by atoms with Crippen molar-refractivity contribution in [3.63, 3.8) is 0 Å². The van der Waals surface area contributed by atoms with E-state index in [-0.39, 0.29) is 6.10 Å². The van der Waals surface area contributed by atoms with Gasteiger partial charge in [-0.1, -0.05) is 50.1 Å². The molecule has 0 spiro atoms. The van der Waals surface area contributed by atoms with Crippen molar-refractivity contribution in [3.05, 3.63) is 35.9 Å². The number of unbranched alkanes of at least 4 members (excludes halogenated alkanes) is 1. The third-order valence-corrected chi connectivity index (χ3v) is 3.32. The molecule has 0 aromatic heterocycles. The minimum absolute atomic E-state index is 0.0815. The molecule has 0 radical (unpaired) electrons. The van der Waals surface area contributed by atoms with Crippen LogP contribution in [0, 0.1) is 5.92 Å². The molecule has 1 aliphatic rings. The van der Waals surface area contributed by atoms with Crippen LogP contribution in [0.15, 0.2) is 30.3 Å². The molecule has 16 heavy (non-hydrogen) atoms. The number of aliphatic hydroxyl groups excluding tert-OH is 1. The van der Waals surface area contributed by atoms with Gasteiger partial charge in [-0.2, -0.15) is 0 Å². The summed E-state index contributed by atoms with van der Waals surface area (Å²) in [6.07, 6.45) is 3.88. The van der Waals surface area contributed by atoms with Crippen LogP contribution < -0.4 is 0 Å². The van der Waals surface area contributed by atoms with Crippen LogP contribution >= 0.6 is 0 Å². The van der Waals surface area contributed by atoms with Crippen LogP contribution in [-0.4, -0.2) is 11.4 Å². The third-order valence-electron chi connectivity index (χ3n) is 3.32. The molecule has 3 atom stereocenters. The Balaban J connectivity index is 1.96. The molecule has 2 rings (SSSR count). The Morgan fingerprint density at radius 2 is 2.06 bits per heavy atom. The summed E-state index contributed by atoms with van der Waals surface area (Å²) in [5.41, 5.74) is 1.18. The second-order valence-electron chi connectivity index (χ2n) is 4.56. The largest absolute Gasteiger partial charge is 0.368 e. The fraction of sp³-hybridized carbons (Fsp3) is 0.571. The lowest BCUT2D eigenvalue weighted by Crippen LogP contribution is -2.14. The summed E-state index contributed by atoms with van der Waals surface area (Å²) in [7, 11) is 0. The van der Waals surface area contributed by atoms with E-state index in [0.29, 0.717) is 5.92 Å². The van der Waals surface area contributed by atoms with Crippen LogP contribution in [0.25, 0.3) is 0 Å². The van der Waals surface area contributed by atoms with Crippen LogP contribution in [0.1, 0.15) is 44.3 Å². The minimum Gasteiger partial charge on any atom is -0.368 e. The summed E-state index contributed by atoms with van der Waals surface area (Å²) in [5, 5.41) is 9.83. The molecule has 1 aromatic rings. The van der Waals surface area contributed by atoms with Gasteiger partial charge >= 0.3 is 0 Å². The maximum Gasteiger partial charge on any atom is 0.158 e. The Bertz CT molecular complexity index is 310. The van der Waals surface area contributed by atoms with E-state index in [1.807, 2.05) is 18.2 Å². The van der Waals surface area contributed by atoms with Gasteiger partial charge in [-0.25, -0.2) is 0 Å². The topological polar surface area (TPSA) is 29.5 Å². The number of hydrogen-bond acceptors (Lipinski definition) is 2. The summed E-state index contributed by atoms with van der Waals surface area (Å²) in [6.45, 7) is 2.18. The molecule has 88 valence electrons. The van der Waals surface area contributed by atoms with Crippen LogP contribution in [-0.2, 0) is 4.74 Å². The fourth-order valence-corrected chi connectivity index (χ4v) is 2.34. The zero-order valence-corrected chi connectivity index (χ0v) is 9.80. The van der Waals surface area contributed by atoms with Gasteiger partial charge in [-0.3, -0.25) is 0 Å². The van der Waals surface area contributed by atoms with Crippen LogP contribution in [0.5, 0.6) is 0 Å². The van der Waals surface area contributed by atoms with Crippen molar-refractivity contribution in [2.24, 2.45) is 5.92 Å². The van der Waals surface area contributed by atoms with Crippen molar-refractivity contribution in [1.29, 1.82) is 0 Å². The molecule has 2 nitrogen and oxygen atoms in total. The van der Waals surface area contributed by atoms with Gasteiger partial charge in [0.1, 0.15) is 0 Å². The summed E-state index contributed by atoms with van der Waals surface area (Å²) in [6, 6.07) is 10.2. The van der Waals surface area contributed by atoms with E-state index in [0.717, 1.165) is 12.8 Å². The average molecular weight is 220 g/mol. The molecule has 1 N–H and O–H groups in total. The zero-order valence-electron chi connectivity index (χ0n) is 9.80. The molecule has 0 bridgehead atoms. The predicted molar refractivity (Wildman–Crippen MR) is 63.9 cm³/mol. The molecular formula is C14H20O2. The Labute approximate surface area is 97.3 Å². The van der Waals surface area contributed by atoms with Crippen molar-refractivity contribution in [3.8, 4) is 0 Å². The second kappa shape index (κ2) is 5.46. The summed E-state index contributed by atoms with van der Waals surface area (Å²) < 4.78 is 5.61. The van der Waals surface area contributed by atoms with Gasteiger partial charge < -0.3 is 9.84 Å². The van der Waals surface area contributed by atoms with E-state index in [9.17, 15) is 5.11 Å². The summed E-state index contributed by atoms with van der Waals surface area (Å²) in [4.78, 5) is 0. The van der Waals surface area contributed by atoms with E-state index >= 15 is 0 Å². The van der Waals surface area contributed by atoms with Crippen molar-refractivity contribution < 1.29 is 9.84 Å². The Kier molecular flexibility index (Phi) is 3.97. The van der Waals surface area contributed by atoms with Gasteiger partial charge in [0.2, 0.25) is 0 Å². The molecule has 2 heteroatoms. The maximum atomic E-state index is 9.83. The van der Waals surface area contributed by atoms with Gasteiger partial charge in [0.05, 0.1) is 6.10 Å². The fourth-order valence-electron chi connectivity index (χ4n) is 2.34. The Morgan fingerprint density at radius 3 is 2.75 bits per heavy atom. The average Bonchev–Trinajstić information content (AvgIpc) is 2.69. The standard InChI is InChI=1S/C14H20O2/c1-2-3-7-12-10-13(16-14(12)15)11-8-5-4-6-9-11/h4-6,8-9,12-15H,2-3,7,10H2,1H3. The highest BCUT2D eigenvalue weighted by atomic mass is 16.6. The number of aliphatic hydroxyl groups is 1. The van der Waals surface area contributed by atoms with Crippen LogP contribution in [0.3, 0.4) is 0 Å². The highest BCUT2D eigenvalue weighted by molar-refractivity contribution is 5.18. The molecular weight excluding hydrogens is 200 g/mol. The molecule has 0 aliphatic carbocycles. The first kappa shape index (κ1) is 11.6. The van der Waals surface area contributed by atoms with Gasteiger partial charge in [-0.15, -0.1) is 0 Å². The smallest absolute Gasteiger partial charge is 0.158 e. The monoisotopic (exact) mass is 220 g/mol. The summed E-state index contributed by atoms with van der Waals surface area (Å²) in [5.74, 6) is 0.310. The van der Waals surface area contributed by atoms with E-state index in [1.165, 1.54) is 18.4 Å². The van der Waals surface area contributed by atoms with Crippen LogP contribution in [0.4, 0.5) is 0 Å². The first-order valence-electron chi connectivity index (χ1n) is 6.19. The number of hydrogen-bond donors (Lipinski definition) is 1. The summed E-state index contributed by atoms with van der Waals surface area (Å²) >= 11 is 0. The lowest BCUT2D eigenvalue weighted by molar-refractivity contribution is -0.110. The Hall–Kier alpha value is -0.860. The molecule has 1 saturated heterocycles. The van der Waals surface area contributed by atoms with Crippen molar-refractivity contribution in [2.75, 3.05) is 0 Å². The third kappa shape index (κ3) is 2.63. The molecule has 3 unspecified atom stereocenters. The first-order chi connectivity index (χ1) is 7.81. The van der Waals surface area contributed by atoms with E-state index < -0.39 is 6.29 Å². The first-order valence-corrected chi connectivity index (χ1v) is 6.19. The lowest BCUT2D eigenvalue weighted by Gasteiger charge is -2.11. The Morgan fingerprint density at radius 1 is 1.31 bits per heavy atom. The van der Waals surface area contributed by atoms with Gasteiger partial charge in [-0.05, 0) is 18.4 Å². The van der Waals surface area contributed by atoms with Gasteiger partial charge in [0.15, 0.2) is 6.29 Å². The highest BCUT2D eigenvalue weighted by Crippen LogP contribution is 2.38. The van der Waals surface area contributed by atoms with Gasteiger partial charge in [0, 0.05) is 5.92 Å². The molecule has 1 heterocycles. The molecule has 1 aromatic carbocycles. The van der Waals surface area contributed by atoms with Gasteiger partial charge in [0.25, 0.3) is 0 Å². The second-order valence-corrected chi connectivity index (χ2v) is 4.56. The number of rotatable bonds is 4. The zero-order chi connectivity index (χ0) is 11.4. The molecule has 1 fully saturated rings. The van der Waals surface area contributed by atoms with Crippen LogP contribution in [0.2, 0.25) is 0 Å². The lowest BCUT2D eigenvalue weighted by atomic mass is 9.95. The number of ether oxygens (including phenoxy) is 1. The molecule has 0 amide bonds. The van der Waals surface area contributed by atoms with Crippen molar-refractivity contribution in [2.45, 2.75) is 45.0 Å². The molecule has 0 saturated carbocycles. The quantitative estimate of drug-likeness (QED) is 0.843. The van der Waals surface area contributed by atoms with Crippen molar-refractivity contribution in [1.82, 2.24) is 0 Å².